The van der Waals surface area contributed by atoms with Crippen molar-refractivity contribution < 1.29 is 13.5 Å². The zero-order valence-corrected chi connectivity index (χ0v) is 13.6. The standard InChI is InChI=1S/C14H19ClN2O3S/c1-11(2)10-16-21(19,20)17-14-9-12(5-3-4-8-18)6-7-13(14)15/h6-7,9,11,16-18H,4,8,10H2,1-2H3. The Morgan fingerprint density at radius 2 is 2.10 bits per heavy atom. The van der Waals surface area contributed by atoms with Gasteiger partial charge in [-0.2, -0.15) is 13.1 Å². The summed E-state index contributed by atoms with van der Waals surface area (Å²) in [6, 6.07) is 4.82. The molecular weight excluding hydrogens is 312 g/mol. The van der Waals surface area contributed by atoms with Crippen LogP contribution < -0.4 is 9.44 Å². The van der Waals surface area contributed by atoms with E-state index in [0.29, 0.717) is 18.5 Å². The molecule has 21 heavy (non-hydrogen) atoms. The van der Waals surface area contributed by atoms with Gasteiger partial charge in [0.25, 0.3) is 10.2 Å². The summed E-state index contributed by atoms with van der Waals surface area (Å²) >= 11 is 5.98. The summed E-state index contributed by atoms with van der Waals surface area (Å²) < 4.78 is 28.6. The number of nitrogens with one attached hydrogen (secondary N) is 2. The Bertz CT molecular complexity index is 633. The topological polar surface area (TPSA) is 78.4 Å². The smallest absolute Gasteiger partial charge is 0.299 e. The summed E-state index contributed by atoms with van der Waals surface area (Å²) in [7, 11) is -3.67. The Balaban J connectivity index is 2.88. The predicted molar refractivity (Wildman–Crippen MR) is 85.4 cm³/mol. The van der Waals surface area contributed by atoms with Crippen LogP contribution in [0.2, 0.25) is 5.02 Å². The third kappa shape index (κ3) is 6.82. The van der Waals surface area contributed by atoms with Crippen molar-refractivity contribution in [1.29, 1.82) is 0 Å². The molecule has 5 nitrogen and oxygen atoms in total. The fraction of sp³-hybridized carbons (Fsp3) is 0.429. The highest BCUT2D eigenvalue weighted by Crippen LogP contribution is 2.23. The summed E-state index contributed by atoms with van der Waals surface area (Å²) in [5.74, 6) is 5.79. The Kier molecular flexibility index (Phi) is 6.99. The van der Waals surface area contributed by atoms with E-state index in [1.165, 1.54) is 0 Å². The highest BCUT2D eigenvalue weighted by molar-refractivity contribution is 7.90. The van der Waals surface area contributed by atoms with E-state index in [4.69, 9.17) is 16.7 Å². The maximum atomic E-state index is 11.9. The molecular formula is C14H19ClN2O3S. The maximum absolute atomic E-state index is 11.9. The highest BCUT2D eigenvalue weighted by atomic mass is 35.5. The predicted octanol–water partition coefficient (Wildman–Crippen LogP) is 1.98. The lowest BCUT2D eigenvalue weighted by Gasteiger charge is -2.12. The lowest BCUT2D eigenvalue weighted by molar-refractivity contribution is 0.305. The first-order valence-corrected chi connectivity index (χ1v) is 8.37. The van der Waals surface area contributed by atoms with E-state index >= 15 is 0 Å². The largest absolute Gasteiger partial charge is 0.395 e. The molecule has 0 saturated heterocycles. The fourth-order valence-electron chi connectivity index (χ4n) is 1.36. The molecule has 0 aliphatic rings. The van der Waals surface area contributed by atoms with Crippen molar-refractivity contribution in [2.45, 2.75) is 20.3 Å². The first-order valence-electron chi connectivity index (χ1n) is 6.50. The number of benzene rings is 1. The van der Waals surface area contributed by atoms with E-state index in [9.17, 15) is 8.42 Å². The zero-order valence-electron chi connectivity index (χ0n) is 12.0. The molecule has 0 bridgehead atoms. The van der Waals surface area contributed by atoms with E-state index in [1.54, 1.807) is 18.2 Å². The van der Waals surface area contributed by atoms with Gasteiger partial charge in [0.05, 0.1) is 17.3 Å². The van der Waals surface area contributed by atoms with Gasteiger partial charge >= 0.3 is 0 Å². The van der Waals surface area contributed by atoms with Crippen LogP contribution in [-0.4, -0.2) is 26.7 Å². The zero-order chi connectivity index (χ0) is 15.9. The highest BCUT2D eigenvalue weighted by Gasteiger charge is 2.12. The fourth-order valence-corrected chi connectivity index (χ4v) is 2.66. The quantitative estimate of drug-likeness (QED) is 0.698. The van der Waals surface area contributed by atoms with Crippen molar-refractivity contribution in [3.63, 3.8) is 0 Å². The number of aliphatic hydroxyl groups is 1. The first kappa shape index (κ1) is 17.8. The molecule has 1 rings (SSSR count). The monoisotopic (exact) mass is 330 g/mol. The second-order valence-corrected chi connectivity index (χ2v) is 6.72. The third-order valence-electron chi connectivity index (χ3n) is 2.36. The molecule has 0 amide bonds. The number of hydrogen-bond donors (Lipinski definition) is 3. The minimum atomic E-state index is -3.67. The average molecular weight is 331 g/mol. The molecule has 1 aromatic carbocycles. The third-order valence-corrected chi connectivity index (χ3v) is 3.73. The minimum absolute atomic E-state index is 0.0147. The second kappa shape index (κ2) is 8.25. The number of rotatable bonds is 6. The molecule has 0 radical (unpaired) electrons. The van der Waals surface area contributed by atoms with Crippen molar-refractivity contribution in [3.05, 3.63) is 28.8 Å². The summed E-state index contributed by atoms with van der Waals surface area (Å²) in [4.78, 5) is 0. The minimum Gasteiger partial charge on any atom is -0.395 e. The molecule has 0 atom stereocenters. The summed E-state index contributed by atoms with van der Waals surface area (Å²) in [5, 5.41) is 8.97. The summed E-state index contributed by atoms with van der Waals surface area (Å²) in [5.41, 5.74) is 0.887. The van der Waals surface area contributed by atoms with Gasteiger partial charge in [-0.1, -0.05) is 37.3 Å². The normalized spacial score (nSPS) is 11.1. The maximum Gasteiger partial charge on any atom is 0.299 e. The van der Waals surface area contributed by atoms with E-state index < -0.39 is 10.2 Å². The van der Waals surface area contributed by atoms with Gasteiger partial charge in [-0.25, -0.2) is 0 Å². The van der Waals surface area contributed by atoms with E-state index in [2.05, 4.69) is 21.3 Å². The van der Waals surface area contributed by atoms with Gasteiger partial charge in [0, 0.05) is 18.5 Å². The van der Waals surface area contributed by atoms with Gasteiger partial charge in [0.1, 0.15) is 0 Å². The Hall–Kier alpha value is -1.26. The van der Waals surface area contributed by atoms with Crippen LogP contribution in [0.4, 0.5) is 5.69 Å². The first-order chi connectivity index (χ1) is 9.84. The van der Waals surface area contributed by atoms with Crippen molar-refractivity contribution in [2.24, 2.45) is 5.92 Å². The van der Waals surface area contributed by atoms with Crippen molar-refractivity contribution in [3.8, 4) is 11.8 Å². The second-order valence-electron chi connectivity index (χ2n) is 4.82. The van der Waals surface area contributed by atoms with E-state index in [0.717, 1.165) is 0 Å². The molecule has 3 N–H and O–H groups in total. The van der Waals surface area contributed by atoms with Crippen LogP contribution in [0, 0.1) is 17.8 Å². The van der Waals surface area contributed by atoms with Gasteiger partial charge in [-0.05, 0) is 24.1 Å². The van der Waals surface area contributed by atoms with Crippen molar-refractivity contribution >= 4 is 27.5 Å². The van der Waals surface area contributed by atoms with Crippen LogP contribution in [0.5, 0.6) is 0 Å². The molecule has 116 valence electrons. The molecule has 7 heteroatoms. The molecule has 0 saturated carbocycles. The van der Waals surface area contributed by atoms with Gasteiger partial charge in [-0.15, -0.1) is 0 Å². The molecule has 0 fully saturated rings. The van der Waals surface area contributed by atoms with Crippen LogP contribution >= 0.6 is 11.6 Å². The van der Waals surface area contributed by atoms with Gasteiger partial charge in [0.15, 0.2) is 0 Å². The molecule has 0 aliphatic carbocycles. The Morgan fingerprint density at radius 3 is 2.71 bits per heavy atom. The van der Waals surface area contributed by atoms with E-state index in [-0.39, 0.29) is 23.2 Å². The lowest BCUT2D eigenvalue weighted by Crippen LogP contribution is -2.32. The summed E-state index contributed by atoms with van der Waals surface area (Å²) in [6.07, 6.45) is 0.361. The summed E-state index contributed by atoms with van der Waals surface area (Å²) in [6.45, 7) is 4.14. The average Bonchev–Trinajstić information content (AvgIpc) is 2.40. The molecule has 0 unspecified atom stereocenters. The van der Waals surface area contributed by atoms with Crippen LogP contribution in [0.3, 0.4) is 0 Å². The lowest BCUT2D eigenvalue weighted by atomic mass is 10.2. The number of halogens is 1. The van der Waals surface area contributed by atoms with Crippen LogP contribution in [0.15, 0.2) is 18.2 Å². The van der Waals surface area contributed by atoms with Crippen molar-refractivity contribution in [2.75, 3.05) is 17.9 Å². The molecule has 0 aliphatic heterocycles. The number of aliphatic hydroxyl groups excluding tert-OH is 1. The number of anilines is 1. The molecule has 0 aromatic heterocycles. The van der Waals surface area contributed by atoms with E-state index in [1.807, 2.05) is 13.8 Å². The van der Waals surface area contributed by atoms with Crippen LogP contribution in [-0.2, 0) is 10.2 Å². The van der Waals surface area contributed by atoms with Gasteiger partial charge in [0.2, 0.25) is 0 Å². The Morgan fingerprint density at radius 1 is 1.38 bits per heavy atom. The molecule has 0 heterocycles. The number of hydrogen-bond acceptors (Lipinski definition) is 3. The Labute approximate surface area is 130 Å². The van der Waals surface area contributed by atoms with Crippen LogP contribution in [0.1, 0.15) is 25.8 Å². The van der Waals surface area contributed by atoms with Gasteiger partial charge < -0.3 is 5.11 Å². The molecule has 1 aromatic rings. The van der Waals surface area contributed by atoms with Gasteiger partial charge in [-0.3, -0.25) is 4.72 Å². The van der Waals surface area contributed by atoms with Crippen LogP contribution in [0.25, 0.3) is 0 Å². The SMILES string of the molecule is CC(C)CNS(=O)(=O)Nc1cc(C#CCCO)ccc1Cl. The van der Waals surface area contributed by atoms with Crippen molar-refractivity contribution in [1.82, 2.24) is 4.72 Å². The molecule has 0 spiro atoms.